The molecule has 1 rings (SSSR count). The van der Waals surface area contributed by atoms with Gasteiger partial charge in [-0.1, -0.05) is 6.07 Å². The van der Waals surface area contributed by atoms with Gasteiger partial charge in [0.1, 0.15) is 5.82 Å². The van der Waals surface area contributed by atoms with Crippen LogP contribution in [0.2, 0.25) is 0 Å². The smallest absolute Gasteiger partial charge is 0.146 e. The van der Waals surface area contributed by atoms with Crippen LogP contribution in [0.1, 0.15) is 18.9 Å². The van der Waals surface area contributed by atoms with Gasteiger partial charge < -0.3 is 10.0 Å². The average molecular weight is 257 g/mol. The molecule has 0 aliphatic carbocycles. The first kappa shape index (κ1) is 14.3. The summed E-state index contributed by atoms with van der Waals surface area (Å²) in [6.07, 6.45) is 3.10. The number of hydrogen-bond acceptors (Lipinski definition) is 3. The first-order valence-corrected chi connectivity index (χ1v) is 7.10. The molecular weight excluding hydrogens is 237 g/mol. The minimum Gasteiger partial charge on any atom is -0.392 e. The van der Waals surface area contributed by atoms with Crippen molar-refractivity contribution in [3.8, 4) is 0 Å². The highest BCUT2D eigenvalue weighted by atomic mass is 32.2. The zero-order valence-corrected chi connectivity index (χ0v) is 11.4. The van der Waals surface area contributed by atoms with Crippen LogP contribution in [0.25, 0.3) is 0 Å². The molecule has 0 saturated heterocycles. The molecule has 0 radical (unpaired) electrons. The second kappa shape index (κ2) is 6.87. The summed E-state index contributed by atoms with van der Waals surface area (Å²) in [4.78, 5) is 1.95. The molecule has 1 unspecified atom stereocenters. The van der Waals surface area contributed by atoms with Gasteiger partial charge in [0.15, 0.2) is 0 Å². The molecule has 0 amide bonds. The molecule has 2 nitrogen and oxygen atoms in total. The van der Waals surface area contributed by atoms with Crippen molar-refractivity contribution < 1.29 is 9.50 Å². The van der Waals surface area contributed by atoms with E-state index < -0.39 is 0 Å². The Labute approximate surface area is 107 Å². The molecule has 0 spiro atoms. The van der Waals surface area contributed by atoms with Crippen molar-refractivity contribution in [1.82, 2.24) is 0 Å². The number of halogens is 1. The van der Waals surface area contributed by atoms with Crippen LogP contribution >= 0.6 is 11.8 Å². The van der Waals surface area contributed by atoms with Gasteiger partial charge in [0, 0.05) is 13.1 Å². The van der Waals surface area contributed by atoms with Gasteiger partial charge in [-0.3, -0.25) is 0 Å². The number of rotatable bonds is 6. The van der Waals surface area contributed by atoms with E-state index in [0.717, 1.165) is 12.2 Å². The standard InChI is InChI=1S/C13H20FNOS/c1-10(6-7-17-3)15(2)13-5-4-11(9-16)8-12(13)14/h4-5,8,10,16H,6-7,9H2,1-3H3. The van der Waals surface area contributed by atoms with Crippen molar-refractivity contribution in [2.75, 3.05) is 24.0 Å². The van der Waals surface area contributed by atoms with Crippen LogP contribution in [-0.4, -0.2) is 30.2 Å². The summed E-state index contributed by atoms with van der Waals surface area (Å²) in [6.45, 7) is 1.97. The highest BCUT2D eigenvalue weighted by Crippen LogP contribution is 2.22. The SMILES string of the molecule is CSCCC(C)N(C)c1ccc(CO)cc1F. The lowest BCUT2D eigenvalue weighted by Crippen LogP contribution is -2.30. The Balaban J connectivity index is 2.77. The quantitative estimate of drug-likeness (QED) is 0.847. The van der Waals surface area contributed by atoms with E-state index in [1.165, 1.54) is 6.07 Å². The van der Waals surface area contributed by atoms with Crippen molar-refractivity contribution in [2.45, 2.75) is 26.0 Å². The highest BCUT2D eigenvalue weighted by molar-refractivity contribution is 7.98. The third kappa shape index (κ3) is 3.89. The fourth-order valence-electron chi connectivity index (χ4n) is 1.65. The van der Waals surface area contributed by atoms with E-state index in [0.29, 0.717) is 17.3 Å². The maximum absolute atomic E-state index is 13.8. The van der Waals surface area contributed by atoms with Gasteiger partial charge in [0.05, 0.1) is 12.3 Å². The number of benzene rings is 1. The van der Waals surface area contributed by atoms with Crippen molar-refractivity contribution in [2.24, 2.45) is 0 Å². The lowest BCUT2D eigenvalue weighted by Gasteiger charge is -2.27. The van der Waals surface area contributed by atoms with Crippen LogP contribution in [0.3, 0.4) is 0 Å². The Morgan fingerprint density at radius 2 is 2.18 bits per heavy atom. The summed E-state index contributed by atoms with van der Waals surface area (Å²) < 4.78 is 13.8. The zero-order chi connectivity index (χ0) is 12.8. The van der Waals surface area contributed by atoms with Crippen molar-refractivity contribution in [1.29, 1.82) is 0 Å². The Hall–Kier alpha value is -0.740. The fourth-order valence-corrected chi connectivity index (χ4v) is 2.23. The molecule has 0 saturated carbocycles. The van der Waals surface area contributed by atoms with Gasteiger partial charge >= 0.3 is 0 Å². The van der Waals surface area contributed by atoms with Gasteiger partial charge in [-0.05, 0) is 43.0 Å². The Kier molecular flexibility index (Phi) is 5.78. The molecule has 0 aliphatic rings. The summed E-state index contributed by atoms with van der Waals surface area (Å²) in [5, 5.41) is 8.93. The van der Waals surface area contributed by atoms with Crippen molar-refractivity contribution >= 4 is 17.4 Å². The van der Waals surface area contributed by atoms with E-state index >= 15 is 0 Å². The van der Waals surface area contributed by atoms with Crippen LogP contribution in [0.4, 0.5) is 10.1 Å². The number of aliphatic hydroxyl groups is 1. The van der Waals surface area contributed by atoms with Gasteiger partial charge in [0.25, 0.3) is 0 Å². The summed E-state index contributed by atoms with van der Waals surface area (Å²) in [6, 6.07) is 5.19. The molecule has 1 aromatic rings. The molecule has 17 heavy (non-hydrogen) atoms. The zero-order valence-electron chi connectivity index (χ0n) is 10.6. The van der Waals surface area contributed by atoms with Crippen LogP contribution < -0.4 is 4.90 Å². The predicted molar refractivity (Wildman–Crippen MR) is 73.2 cm³/mol. The van der Waals surface area contributed by atoms with E-state index in [1.807, 2.05) is 11.9 Å². The second-order valence-corrected chi connectivity index (χ2v) is 5.17. The number of hydrogen-bond donors (Lipinski definition) is 1. The third-order valence-electron chi connectivity index (χ3n) is 2.98. The molecule has 0 aromatic heterocycles. The van der Waals surface area contributed by atoms with E-state index in [-0.39, 0.29) is 12.4 Å². The molecule has 0 aliphatic heterocycles. The van der Waals surface area contributed by atoms with E-state index in [9.17, 15) is 4.39 Å². The fraction of sp³-hybridized carbons (Fsp3) is 0.538. The molecule has 0 bridgehead atoms. The van der Waals surface area contributed by atoms with Crippen LogP contribution in [0, 0.1) is 5.82 Å². The van der Waals surface area contributed by atoms with Gasteiger partial charge in [-0.25, -0.2) is 4.39 Å². The minimum atomic E-state index is -0.268. The summed E-state index contributed by atoms with van der Waals surface area (Å²) in [7, 11) is 1.90. The molecular formula is C13H20FNOS. The van der Waals surface area contributed by atoms with Gasteiger partial charge in [0.2, 0.25) is 0 Å². The third-order valence-corrected chi connectivity index (χ3v) is 3.62. The average Bonchev–Trinajstić information content (AvgIpc) is 2.34. The van der Waals surface area contributed by atoms with E-state index in [1.54, 1.807) is 23.9 Å². The van der Waals surface area contributed by atoms with Gasteiger partial charge in [-0.15, -0.1) is 0 Å². The van der Waals surface area contributed by atoms with Crippen molar-refractivity contribution in [3.05, 3.63) is 29.6 Å². The van der Waals surface area contributed by atoms with Crippen LogP contribution in [0.15, 0.2) is 18.2 Å². The van der Waals surface area contributed by atoms with E-state index in [2.05, 4.69) is 13.2 Å². The summed E-state index contributed by atoms with van der Waals surface area (Å²) in [5.41, 5.74) is 1.20. The molecule has 4 heteroatoms. The Morgan fingerprint density at radius 3 is 2.71 bits per heavy atom. The monoisotopic (exact) mass is 257 g/mol. The van der Waals surface area contributed by atoms with Gasteiger partial charge in [-0.2, -0.15) is 11.8 Å². The normalized spacial score (nSPS) is 12.5. The van der Waals surface area contributed by atoms with E-state index in [4.69, 9.17) is 5.11 Å². The lowest BCUT2D eigenvalue weighted by molar-refractivity contribution is 0.281. The molecule has 1 N–H and O–H groups in total. The lowest BCUT2D eigenvalue weighted by atomic mass is 10.1. The Morgan fingerprint density at radius 1 is 1.47 bits per heavy atom. The summed E-state index contributed by atoms with van der Waals surface area (Å²) in [5.74, 6) is 0.803. The van der Waals surface area contributed by atoms with Crippen LogP contribution in [-0.2, 0) is 6.61 Å². The maximum Gasteiger partial charge on any atom is 0.146 e. The number of thioether (sulfide) groups is 1. The predicted octanol–water partition coefficient (Wildman–Crippen LogP) is 2.90. The molecule has 0 fully saturated rings. The summed E-state index contributed by atoms with van der Waals surface area (Å²) >= 11 is 1.80. The first-order chi connectivity index (χ1) is 8.10. The van der Waals surface area contributed by atoms with Crippen molar-refractivity contribution in [3.63, 3.8) is 0 Å². The highest BCUT2D eigenvalue weighted by Gasteiger charge is 2.13. The molecule has 1 atom stereocenters. The maximum atomic E-state index is 13.8. The molecule has 1 aromatic carbocycles. The second-order valence-electron chi connectivity index (χ2n) is 4.19. The Bertz CT molecular complexity index is 359. The molecule has 96 valence electrons. The molecule has 0 heterocycles. The number of aliphatic hydroxyl groups excluding tert-OH is 1. The number of anilines is 1. The number of nitrogens with zero attached hydrogens (tertiary/aromatic N) is 1. The first-order valence-electron chi connectivity index (χ1n) is 5.71. The minimum absolute atomic E-state index is 0.122. The topological polar surface area (TPSA) is 23.5 Å². The largest absolute Gasteiger partial charge is 0.392 e. The van der Waals surface area contributed by atoms with Crippen LogP contribution in [0.5, 0.6) is 0 Å².